The number of halogens is 1. The smallest absolute Gasteiger partial charge is 0.188 e. The average Bonchev–Trinajstić information content (AvgIpc) is 2.36. The molecule has 0 aromatic carbocycles. The second kappa shape index (κ2) is 10.8. The molecule has 3 N–H and O–H groups in total. The summed E-state index contributed by atoms with van der Waals surface area (Å²) in [6.07, 6.45) is 3.36. The van der Waals surface area contributed by atoms with E-state index in [2.05, 4.69) is 15.3 Å². The number of hydrogen-bond acceptors (Lipinski definition) is 4. The summed E-state index contributed by atoms with van der Waals surface area (Å²) in [5.41, 5.74) is 5.70. The van der Waals surface area contributed by atoms with E-state index in [9.17, 15) is 0 Å². The van der Waals surface area contributed by atoms with Crippen molar-refractivity contribution in [2.75, 3.05) is 26.9 Å². The maximum Gasteiger partial charge on any atom is 0.188 e. The third-order valence-electron chi connectivity index (χ3n) is 2.09. The van der Waals surface area contributed by atoms with E-state index in [1.165, 1.54) is 0 Å². The molecule has 0 saturated carbocycles. The van der Waals surface area contributed by atoms with Gasteiger partial charge in [-0.2, -0.15) is 0 Å². The molecule has 19 heavy (non-hydrogen) atoms. The highest BCUT2D eigenvalue weighted by molar-refractivity contribution is 14.0. The predicted octanol–water partition coefficient (Wildman–Crippen LogP) is 1.02. The van der Waals surface area contributed by atoms with Crippen LogP contribution in [0.5, 0.6) is 5.75 Å². The Morgan fingerprint density at radius 3 is 3.00 bits per heavy atom. The molecule has 108 valence electrons. The van der Waals surface area contributed by atoms with Gasteiger partial charge in [0.05, 0.1) is 19.3 Å². The minimum absolute atomic E-state index is 0. The van der Waals surface area contributed by atoms with Crippen molar-refractivity contribution in [3.05, 3.63) is 24.5 Å². The number of pyridine rings is 1. The number of guanidine groups is 1. The summed E-state index contributed by atoms with van der Waals surface area (Å²) < 4.78 is 10.4. The maximum atomic E-state index is 5.70. The molecule has 1 rings (SSSR count). The minimum atomic E-state index is 0. The molecular weight excluding hydrogens is 359 g/mol. The molecule has 1 atom stereocenters. The Hall–Kier alpha value is -1.09. The molecule has 0 aliphatic rings. The Kier molecular flexibility index (Phi) is 10.2. The Bertz CT molecular complexity index is 362. The van der Waals surface area contributed by atoms with Crippen molar-refractivity contribution in [2.45, 2.75) is 13.0 Å². The van der Waals surface area contributed by atoms with Gasteiger partial charge < -0.3 is 20.5 Å². The van der Waals surface area contributed by atoms with Crippen molar-refractivity contribution < 1.29 is 9.47 Å². The monoisotopic (exact) mass is 380 g/mol. The quantitative estimate of drug-likeness (QED) is 0.320. The van der Waals surface area contributed by atoms with Crippen LogP contribution in [-0.2, 0) is 4.74 Å². The highest BCUT2D eigenvalue weighted by Crippen LogP contribution is 2.05. The van der Waals surface area contributed by atoms with Crippen LogP contribution >= 0.6 is 24.0 Å². The summed E-state index contributed by atoms with van der Waals surface area (Å²) in [4.78, 5) is 8.09. The molecule has 0 aliphatic carbocycles. The van der Waals surface area contributed by atoms with E-state index in [0.717, 1.165) is 5.75 Å². The van der Waals surface area contributed by atoms with Crippen LogP contribution in [0.3, 0.4) is 0 Å². The number of nitrogens with one attached hydrogen (secondary N) is 1. The van der Waals surface area contributed by atoms with Crippen LogP contribution in [-0.4, -0.2) is 43.9 Å². The first-order valence-electron chi connectivity index (χ1n) is 5.80. The molecule has 0 fully saturated rings. The fourth-order valence-corrected chi connectivity index (χ4v) is 1.35. The largest absolute Gasteiger partial charge is 0.490 e. The van der Waals surface area contributed by atoms with Crippen LogP contribution in [0.15, 0.2) is 29.5 Å². The Labute approximate surface area is 130 Å². The normalized spacial score (nSPS) is 12.4. The van der Waals surface area contributed by atoms with Crippen molar-refractivity contribution in [3.63, 3.8) is 0 Å². The van der Waals surface area contributed by atoms with E-state index in [1.807, 2.05) is 19.1 Å². The second-order valence-electron chi connectivity index (χ2n) is 3.80. The number of nitrogens with two attached hydrogens (primary N) is 1. The average molecular weight is 380 g/mol. The summed E-state index contributed by atoms with van der Waals surface area (Å²) in [5, 5.41) is 3.01. The molecule has 1 aromatic rings. The zero-order chi connectivity index (χ0) is 13.2. The Morgan fingerprint density at radius 2 is 2.37 bits per heavy atom. The third kappa shape index (κ3) is 8.60. The van der Waals surface area contributed by atoms with Crippen LogP contribution in [0, 0.1) is 0 Å². The van der Waals surface area contributed by atoms with Gasteiger partial charge in [0.15, 0.2) is 5.96 Å². The lowest BCUT2D eigenvalue weighted by atomic mass is 10.4. The van der Waals surface area contributed by atoms with E-state index in [4.69, 9.17) is 15.2 Å². The van der Waals surface area contributed by atoms with Gasteiger partial charge in [-0.15, -0.1) is 24.0 Å². The van der Waals surface area contributed by atoms with Gasteiger partial charge in [0.1, 0.15) is 12.4 Å². The minimum Gasteiger partial charge on any atom is -0.490 e. The highest BCUT2D eigenvalue weighted by atomic mass is 127. The fraction of sp³-hybridized carbons (Fsp3) is 0.500. The van der Waals surface area contributed by atoms with E-state index in [-0.39, 0.29) is 30.0 Å². The molecule has 0 spiro atoms. The molecule has 1 unspecified atom stereocenters. The van der Waals surface area contributed by atoms with Crippen molar-refractivity contribution in [2.24, 2.45) is 10.7 Å². The molecular formula is C12H21IN4O2. The van der Waals surface area contributed by atoms with Gasteiger partial charge in [0, 0.05) is 19.3 Å². The van der Waals surface area contributed by atoms with Gasteiger partial charge in [0.25, 0.3) is 0 Å². The van der Waals surface area contributed by atoms with Gasteiger partial charge in [0.2, 0.25) is 0 Å². The molecule has 0 aliphatic heterocycles. The van der Waals surface area contributed by atoms with Crippen LogP contribution in [0.25, 0.3) is 0 Å². The van der Waals surface area contributed by atoms with Crippen molar-refractivity contribution >= 4 is 29.9 Å². The lowest BCUT2D eigenvalue weighted by molar-refractivity contribution is 0.179. The number of methoxy groups -OCH3 is 1. The molecule has 7 heteroatoms. The zero-order valence-electron chi connectivity index (χ0n) is 11.2. The molecule has 6 nitrogen and oxygen atoms in total. The number of hydrogen-bond donors (Lipinski definition) is 2. The summed E-state index contributed by atoms with van der Waals surface area (Å²) in [6.45, 7) is 3.51. The van der Waals surface area contributed by atoms with Crippen LogP contribution < -0.4 is 15.8 Å². The van der Waals surface area contributed by atoms with Crippen molar-refractivity contribution in [1.82, 2.24) is 10.3 Å². The summed E-state index contributed by atoms with van der Waals surface area (Å²) >= 11 is 0. The van der Waals surface area contributed by atoms with Crippen molar-refractivity contribution in [3.8, 4) is 5.75 Å². The lowest BCUT2D eigenvalue weighted by Gasteiger charge is -2.13. The number of rotatable bonds is 7. The first-order valence-corrected chi connectivity index (χ1v) is 5.80. The van der Waals surface area contributed by atoms with Gasteiger partial charge >= 0.3 is 0 Å². The highest BCUT2D eigenvalue weighted by Gasteiger charge is 2.00. The molecule has 0 saturated heterocycles. The van der Waals surface area contributed by atoms with Crippen molar-refractivity contribution in [1.29, 1.82) is 0 Å². The lowest BCUT2D eigenvalue weighted by Crippen LogP contribution is -2.40. The zero-order valence-corrected chi connectivity index (χ0v) is 13.5. The van der Waals surface area contributed by atoms with E-state index >= 15 is 0 Å². The third-order valence-corrected chi connectivity index (χ3v) is 2.09. The van der Waals surface area contributed by atoms with E-state index < -0.39 is 0 Å². The number of aromatic nitrogens is 1. The van der Waals surface area contributed by atoms with Crippen LogP contribution in [0.4, 0.5) is 0 Å². The van der Waals surface area contributed by atoms with Crippen LogP contribution in [0.2, 0.25) is 0 Å². The molecule has 1 aromatic heterocycles. The SMILES string of the molecule is COCC(C)NC(N)=NCCOc1cccnc1.I. The molecule has 0 amide bonds. The topological polar surface area (TPSA) is 81.8 Å². The standard InChI is InChI=1S/C12H20N4O2.HI/c1-10(9-17-2)16-12(13)15-6-7-18-11-4-3-5-14-8-11;/h3-5,8,10H,6-7,9H2,1-2H3,(H3,13,15,16);1H. The summed E-state index contributed by atoms with van der Waals surface area (Å²) in [6, 6.07) is 3.80. The Balaban J connectivity index is 0.00000324. The first kappa shape index (κ1) is 17.9. The van der Waals surface area contributed by atoms with Gasteiger partial charge in [-0.3, -0.25) is 4.98 Å². The van der Waals surface area contributed by atoms with Gasteiger partial charge in [-0.1, -0.05) is 0 Å². The number of aliphatic imine (C=N–C) groups is 1. The van der Waals surface area contributed by atoms with E-state index in [1.54, 1.807) is 19.5 Å². The van der Waals surface area contributed by atoms with Gasteiger partial charge in [-0.25, -0.2) is 4.99 Å². The molecule has 0 bridgehead atoms. The molecule has 0 radical (unpaired) electrons. The number of ether oxygens (including phenoxy) is 2. The second-order valence-corrected chi connectivity index (χ2v) is 3.80. The van der Waals surface area contributed by atoms with Gasteiger partial charge in [-0.05, 0) is 19.1 Å². The summed E-state index contributed by atoms with van der Waals surface area (Å²) in [7, 11) is 1.65. The Morgan fingerprint density at radius 1 is 1.58 bits per heavy atom. The fourth-order valence-electron chi connectivity index (χ4n) is 1.35. The molecule has 1 heterocycles. The van der Waals surface area contributed by atoms with Crippen LogP contribution in [0.1, 0.15) is 6.92 Å². The predicted molar refractivity (Wildman–Crippen MR) is 86.1 cm³/mol. The van der Waals surface area contributed by atoms with E-state index in [0.29, 0.717) is 25.7 Å². The first-order chi connectivity index (χ1) is 8.72. The summed E-state index contributed by atoms with van der Waals surface area (Å²) in [5.74, 6) is 1.13. The number of nitrogens with zero attached hydrogens (tertiary/aromatic N) is 2. The maximum absolute atomic E-state index is 5.70.